The van der Waals surface area contributed by atoms with Gasteiger partial charge < -0.3 is 5.11 Å². The molecule has 3 rings (SSSR count). The van der Waals surface area contributed by atoms with Gasteiger partial charge in [0.15, 0.2) is 11.4 Å². The van der Waals surface area contributed by atoms with Crippen molar-refractivity contribution in [2.75, 3.05) is 10.6 Å². The molecule has 0 spiro atoms. The number of aromatic hydroxyl groups is 1. The highest BCUT2D eigenvalue weighted by molar-refractivity contribution is 7.92. The summed E-state index contributed by atoms with van der Waals surface area (Å²) in [5, 5.41) is 40.1. The minimum Gasteiger partial charge on any atom is -0.492 e. The minimum atomic E-state index is -4.07. The predicted molar refractivity (Wildman–Crippen MR) is 133 cm³/mol. The van der Waals surface area contributed by atoms with E-state index >= 15 is 0 Å². The first-order valence-corrected chi connectivity index (χ1v) is 12.4. The van der Waals surface area contributed by atoms with Crippen LogP contribution in [-0.4, -0.2) is 28.9 Å². The van der Waals surface area contributed by atoms with Gasteiger partial charge in [-0.2, -0.15) is 9.94 Å². The van der Waals surface area contributed by atoms with Crippen molar-refractivity contribution in [1.82, 2.24) is 4.68 Å². The normalized spacial score (nSPS) is 11.4. The summed E-state index contributed by atoms with van der Waals surface area (Å²) in [5.74, 6) is -1.26. The van der Waals surface area contributed by atoms with E-state index in [1.54, 1.807) is 56.3 Å². The molecule has 13 heteroatoms. The average Bonchev–Trinajstić information content (AvgIpc) is 2.85. The van der Waals surface area contributed by atoms with E-state index in [4.69, 9.17) is 0 Å². The number of azo groups is 1. The fourth-order valence-corrected chi connectivity index (χ4v) is 4.51. The third kappa shape index (κ3) is 5.56. The summed E-state index contributed by atoms with van der Waals surface area (Å²) in [7, 11) is -4.07. The Morgan fingerprint density at radius 2 is 1.89 bits per heavy atom. The maximum atomic E-state index is 13.1. The third-order valence-electron chi connectivity index (χ3n) is 5.08. The number of unbranched alkanes of at least 4 members (excludes halogenated alkanes) is 1. The average molecular weight is 511 g/mol. The highest BCUT2D eigenvalue weighted by atomic mass is 32.2. The molecule has 1 aromatic heterocycles. The van der Waals surface area contributed by atoms with E-state index in [2.05, 4.69) is 10.2 Å². The SMILES string of the molecule is CCCCS(=O)(=O)Nn1c(O)c(N=Nc2ccc(C)cc2[N+](=O)[O-])c(-c2ccccc2)c(C#N)c1=O. The van der Waals surface area contributed by atoms with E-state index in [0.29, 0.717) is 28.6 Å². The molecule has 12 nitrogen and oxygen atoms in total. The van der Waals surface area contributed by atoms with Gasteiger partial charge in [0.1, 0.15) is 11.6 Å². The maximum absolute atomic E-state index is 13.1. The van der Waals surface area contributed by atoms with Gasteiger partial charge in [-0.15, -0.1) is 10.2 Å². The standard InChI is InChI=1S/C23H22N6O6S/c1-3-4-12-36(34,35)27-28-22(30)17(14-24)20(16-8-6-5-7-9-16)21(23(28)31)26-25-18-11-10-15(2)13-19(18)29(32)33/h5-11,13,27,31H,3-4,12H2,1-2H3. The van der Waals surface area contributed by atoms with Crippen LogP contribution in [0.3, 0.4) is 0 Å². The van der Waals surface area contributed by atoms with E-state index in [9.17, 15) is 33.7 Å². The molecule has 0 bridgehead atoms. The molecule has 0 amide bonds. The maximum Gasteiger partial charge on any atom is 0.296 e. The van der Waals surface area contributed by atoms with Crippen LogP contribution in [0.25, 0.3) is 11.1 Å². The quantitative estimate of drug-likeness (QED) is 0.243. The Bertz CT molecular complexity index is 1540. The molecule has 2 N–H and O–H groups in total. The molecule has 0 saturated carbocycles. The number of hydrogen-bond donors (Lipinski definition) is 2. The van der Waals surface area contributed by atoms with Crippen LogP contribution < -0.4 is 10.4 Å². The van der Waals surface area contributed by atoms with Crippen LogP contribution in [0.4, 0.5) is 17.1 Å². The molecule has 0 unspecified atom stereocenters. The van der Waals surface area contributed by atoms with Gasteiger partial charge in [0.05, 0.1) is 10.7 Å². The monoisotopic (exact) mass is 510 g/mol. The number of benzene rings is 2. The first kappa shape index (κ1) is 26.0. The van der Waals surface area contributed by atoms with Gasteiger partial charge in [-0.1, -0.05) is 49.7 Å². The van der Waals surface area contributed by atoms with Crippen molar-refractivity contribution >= 4 is 27.1 Å². The summed E-state index contributed by atoms with van der Waals surface area (Å²) in [4.78, 5) is 25.9. The first-order chi connectivity index (χ1) is 17.1. The summed E-state index contributed by atoms with van der Waals surface area (Å²) < 4.78 is 25.2. The lowest BCUT2D eigenvalue weighted by Gasteiger charge is -2.16. The van der Waals surface area contributed by atoms with Crippen LogP contribution in [0, 0.1) is 28.4 Å². The first-order valence-electron chi connectivity index (χ1n) is 10.7. The van der Waals surface area contributed by atoms with E-state index in [1.807, 2.05) is 4.83 Å². The third-order valence-corrected chi connectivity index (χ3v) is 6.37. The van der Waals surface area contributed by atoms with E-state index in [0.717, 1.165) is 0 Å². The van der Waals surface area contributed by atoms with Gasteiger partial charge >= 0.3 is 0 Å². The highest BCUT2D eigenvalue weighted by Gasteiger charge is 2.26. The zero-order chi connectivity index (χ0) is 26.5. The van der Waals surface area contributed by atoms with Gasteiger partial charge in [0, 0.05) is 11.6 Å². The second-order valence-corrected chi connectivity index (χ2v) is 9.57. The molecule has 0 radical (unpaired) electrons. The number of nitro benzene ring substituents is 1. The van der Waals surface area contributed by atoms with E-state index in [1.165, 1.54) is 12.1 Å². The molecule has 2 aromatic carbocycles. The molecule has 3 aromatic rings. The van der Waals surface area contributed by atoms with E-state index in [-0.39, 0.29) is 22.7 Å². The number of aromatic nitrogens is 1. The molecule has 36 heavy (non-hydrogen) atoms. The van der Waals surface area contributed by atoms with Gasteiger partial charge in [-0.25, -0.2) is 13.2 Å². The minimum absolute atomic E-state index is 0.108. The van der Waals surface area contributed by atoms with Crippen LogP contribution in [0.2, 0.25) is 0 Å². The van der Waals surface area contributed by atoms with Crippen molar-refractivity contribution in [2.45, 2.75) is 26.7 Å². The Hall–Kier alpha value is -4.57. The fourth-order valence-electron chi connectivity index (χ4n) is 3.31. The molecule has 0 aliphatic heterocycles. The molecule has 186 valence electrons. The molecule has 0 atom stereocenters. The smallest absolute Gasteiger partial charge is 0.296 e. The molecular weight excluding hydrogens is 488 g/mol. The summed E-state index contributed by atoms with van der Waals surface area (Å²) >= 11 is 0. The summed E-state index contributed by atoms with van der Waals surface area (Å²) in [6, 6.07) is 14.0. The highest BCUT2D eigenvalue weighted by Crippen LogP contribution is 2.40. The number of nitrogens with zero attached hydrogens (tertiary/aromatic N) is 5. The molecule has 0 aliphatic carbocycles. The Kier molecular flexibility index (Phi) is 7.80. The Labute approximate surface area is 206 Å². The molecule has 0 aliphatic rings. The van der Waals surface area contributed by atoms with Crippen molar-refractivity contribution < 1.29 is 18.4 Å². The predicted octanol–water partition coefficient (Wildman–Crippen LogP) is 4.40. The van der Waals surface area contributed by atoms with E-state index < -0.39 is 37.6 Å². The Morgan fingerprint density at radius 3 is 2.50 bits per heavy atom. The molecule has 0 fully saturated rings. The number of aryl methyl sites for hydroxylation is 1. The number of nitriles is 1. The number of rotatable bonds is 9. The van der Waals surface area contributed by atoms with Crippen molar-refractivity contribution in [3.05, 3.63) is 80.1 Å². The van der Waals surface area contributed by atoms with Gasteiger partial charge in [-0.05, 0) is 30.5 Å². The molecular formula is C23H22N6O6S. The van der Waals surface area contributed by atoms with Crippen LogP contribution >= 0.6 is 0 Å². The number of nitrogens with one attached hydrogen (secondary N) is 1. The number of sulfonamides is 1. The number of pyridine rings is 1. The van der Waals surface area contributed by atoms with Gasteiger partial charge in [0.25, 0.3) is 11.2 Å². The largest absolute Gasteiger partial charge is 0.492 e. The Balaban J connectivity index is 2.32. The van der Waals surface area contributed by atoms with Crippen LogP contribution in [0.1, 0.15) is 30.9 Å². The summed E-state index contributed by atoms with van der Waals surface area (Å²) in [5.41, 5.74) is -1.74. The Morgan fingerprint density at radius 1 is 1.19 bits per heavy atom. The van der Waals surface area contributed by atoms with Crippen molar-refractivity contribution in [3.8, 4) is 23.1 Å². The van der Waals surface area contributed by atoms with Crippen molar-refractivity contribution in [3.63, 3.8) is 0 Å². The second-order valence-electron chi connectivity index (χ2n) is 7.75. The van der Waals surface area contributed by atoms with Crippen molar-refractivity contribution in [2.24, 2.45) is 10.2 Å². The zero-order valence-electron chi connectivity index (χ0n) is 19.4. The number of hydrogen-bond acceptors (Lipinski definition) is 9. The lowest BCUT2D eigenvalue weighted by atomic mass is 10.00. The molecule has 0 saturated heterocycles. The fraction of sp³-hybridized carbons (Fsp3) is 0.217. The zero-order valence-corrected chi connectivity index (χ0v) is 20.2. The number of nitro groups is 1. The lowest BCUT2D eigenvalue weighted by molar-refractivity contribution is -0.384. The lowest BCUT2D eigenvalue weighted by Crippen LogP contribution is -2.35. The topological polar surface area (TPSA) is 180 Å². The van der Waals surface area contributed by atoms with Crippen LogP contribution in [0.5, 0.6) is 5.88 Å². The summed E-state index contributed by atoms with van der Waals surface area (Å²) in [6.07, 6.45) is 0.856. The molecule has 1 heterocycles. The van der Waals surface area contributed by atoms with Gasteiger partial charge in [0.2, 0.25) is 15.9 Å². The van der Waals surface area contributed by atoms with Gasteiger partial charge in [-0.3, -0.25) is 14.9 Å². The van der Waals surface area contributed by atoms with Crippen LogP contribution in [-0.2, 0) is 10.0 Å². The summed E-state index contributed by atoms with van der Waals surface area (Å²) in [6.45, 7) is 3.44. The van der Waals surface area contributed by atoms with Crippen molar-refractivity contribution in [1.29, 1.82) is 5.26 Å². The second kappa shape index (κ2) is 10.8. The van der Waals surface area contributed by atoms with Crippen LogP contribution in [0.15, 0.2) is 63.6 Å².